The Kier molecular flexibility index (Phi) is 4.67. The van der Waals surface area contributed by atoms with E-state index in [1.54, 1.807) is 0 Å². The third-order valence-electron chi connectivity index (χ3n) is 3.77. The van der Waals surface area contributed by atoms with E-state index in [0.29, 0.717) is 12.8 Å². The average Bonchev–Trinajstić information content (AvgIpc) is 3.05. The summed E-state index contributed by atoms with van der Waals surface area (Å²) in [6.07, 6.45) is 0.842. The molecule has 1 aliphatic carbocycles. The number of nitro benzene ring substituents is 1. The first-order chi connectivity index (χ1) is 12.0. The number of benzene rings is 1. The molecule has 0 bridgehead atoms. The third kappa shape index (κ3) is 3.46. The van der Waals surface area contributed by atoms with Crippen LogP contribution in [-0.4, -0.2) is 35.6 Å². The maximum Gasteiger partial charge on any atom is 0.488 e. The Morgan fingerprint density at radius 3 is 2.32 bits per heavy atom. The summed E-state index contributed by atoms with van der Waals surface area (Å²) in [6, 6.07) is 4.29. The number of ether oxygens (including phenoxy) is 1. The van der Waals surface area contributed by atoms with Gasteiger partial charge in [0, 0.05) is 12.1 Å². The molecule has 1 fully saturated rings. The van der Waals surface area contributed by atoms with Crippen molar-refractivity contribution in [1.29, 1.82) is 0 Å². The maximum atomic E-state index is 12.3. The summed E-state index contributed by atoms with van der Waals surface area (Å²) < 4.78 is 28.9. The summed E-state index contributed by atoms with van der Waals surface area (Å²) in [4.78, 5) is 22.3. The second-order valence-electron chi connectivity index (χ2n) is 5.15. The van der Waals surface area contributed by atoms with Crippen LogP contribution in [0.5, 0.6) is 5.75 Å². The molecule has 3 atom stereocenters. The van der Waals surface area contributed by atoms with Gasteiger partial charge in [0.25, 0.3) is 5.69 Å². The molecule has 2 aliphatic rings. The largest absolute Gasteiger partial charge is 0.743 e. The van der Waals surface area contributed by atoms with E-state index in [1.165, 1.54) is 24.3 Å². The highest BCUT2D eigenvalue weighted by atomic mass is 32.2. The lowest BCUT2D eigenvalue weighted by Gasteiger charge is -2.34. The molecular formula is C12H10N6O6S. The van der Waals surface area contributed by atoms with Crippen LogP contribution in [-0.2, 0) is 16.1 Å². The van der Waals surface area contributed by atoms with Gasteiger partial charge in [-0.3, -0.25) is 14.9 Å². The highest BCUT2D eigenvalue weighted by molar-refractivity contribution is 7.72. The minimum absolute atomic E-state index is 0.129. The van der Waals surface area contributed by atoms with Crippen LogP contribution in [0, 0.1) is 16.0 Å². The molecule has 0 saturated heterocycles. The van der Waals surface area contributed by atoms with Gasteiger partial charge in [-0.2, -0.15) is 3.98 Å². The van der Waals surface area contributed by atoms with E-state index < -0.39 is 34.1 Å². The van der Waals surface area contributed by atoms with Crippen molar-refractivity contribution >= 4 is 28.9 Å². The predicted molar refractivity (Wildman–Crippen MR) is 79.1 cm³/mol. The summed E-state index contributed by atoms with van der Waals surface area (Å²) in [5.41, 5.74) is -0.136. The molecule has 3 rings (SSSR count). The molecular weight excluding hydrogens is 356 g/mol. The lowest BCUT2D eigenvalue weighted by atomic mass is 9.80. The number of carbonyl (C=O) groups is 1. The maximum absolute atomic E-state index is 12.3. The number of hydrogen-bond acceptors (Lipinski definition) is 8. The molecule has 0 aromatic heterocycles. The fraction of sp³-hybridized carbons (Fsp3) is 0.333. The molecule has 0 spiro atoms. The number of non-ortho nitro benzene ring substituents is 1. The first-order valence-corrected chi connectivity index (χ1v) is 8.04. The lowest BCUT2D eigenvalue weighted by Crippen LogP contribution is -2.49. The summed E-state index contributed by atoms with van der Waals surface area (Å²) >= 11 is -2.71. The molecule has 1 aromatic rings. The van der Waals surface area contributed by atoms with Crippen molar-refractivity contribution in [1.82, 2.24) is 0 Å². The summed E-state index contributed by atoms with van der Waals surface area (Å²) in [7, 11) is 0. The van der Waals surface area contributed by atoms with Crippen molar-refractivity contribution in [2.75, 3.05) is 0 Å². The predicted octanol–water partition coefficient (Wildman–Crippen LogP) is 1.27. The van der Waals surface area contributed by atoms with Gasteiger partial charge in [0.05, 0.1) is 31.5 Å². The number of esters is 1. The minimum Gasteiger partial charge on any atom is -0.743 e. The Hall–Kier alpha value is -2.93. The highest BCUT2D eigenvalue weighted by Gasteiger charge is 2.45. The van der Waals surface area contributed by atoms with Crippen LogP contribution in [0.2, 0.25) is 0 Å². The summed E-state index contributed by atoms with van der Waals surface area (Å²) in [5.74, 6) is -1.45. The zero-order chi connectivity index (χ0) is 18.0. The van der Waals surface area contributed by atoms with Crippen LogP contribution >= 0.6 is 0 Å². The summed E-state index contributed by atoms with van der Waals surface area (Å²) in [5, 5.41) is 24.0. The molecule has 0 N–H and O–H groups in total. The van der Waals surface area contributed by atoms with Gasteiger partial charge in [0.15, 0.2) is 0 Å². The van der Waals surface area contributed by atoms with E-state index in [0.717, 1.165) is 3.98 Å². The number of hydrogen-bond donors (Lipinski definition) is 0. The first kappa shape index (κ1) is 16.9. The van der Waals surface area contributed by atoms with Crippen LogP contribution in [0.4, 0.5) is 5.69 Å². The number of guanidine groups is 1. The van der Waals surface area contributed by atoms with Crippen LogP contribution < -0.4 is 4.74 Å². The molecule has 3 unspecified atom stereocenters. The number of nitro groups is 1. The molecule has 12 nitrogen and oxygen atoms in total. The minimum atomic E-state index is -2.71. The number of nitrogens with zero attached hydrogens (tertiary/aromatic N) is 6. The highest BCUT2D eigenvalue weighted by Crippen LogP contribution is 2.33. The lowest BCUT2D eigenvalue weighted by molar-refractivity contribution is -0.446. The summed E-state index contributed by atoms with van der Waals surface area (Å²) in [6.45, 7) is 0. The monoisotopic (exact) mass is 366 g/mol. The van der Waals surface area contributed by atoms with E-state index in [2.05, 4.69) is 20.7 Å². The number of carbonyl (C=O) groups excluding carboxylic acids is 1. The molecule has 130 valence electrons. The van der Waals surface area contributed by atoms with Crippen LogP contribution in [0.1, 0.15) is 12.8 Å². The van der Waals surface area contributed by atoms with Crippen molar-refractivity contribution in [2.24, 2.45) is 26.6 Å². The van der Waals surface area contributed by atoms with E-state index in [4.69, 9.17) is 4.74 Å². The fourth-order valence-electron chi connectivity index (χ4n) is 2.42. The molecule has 1 saturated carbocycles. The molecule has 1 heterocycles. The first-order valence-electron chi connectivity index (χ1n) is 7.01. The fourth-order valence-corrected chi connectivity index (χ4v) is 3.10. The van der Waals surface area contributed by atoms with E-state index >= 15 is 0 Å². The van der Waals surface area contributed by atoms with Crippen molar-refractivity contribution in [2.45, 2.75) is 18.9 Å². The Morgan fingerprint density at radius 1 is 1.20 bits per heavy atom. The molecule has 25 heavy (non-hydrogen) atoms. The van der Waals surface area contributed by atoms with Gasteiger partial charge in [-0.1, -0.05) is 0 Å². The van der Waals surface area contributed by atoms with Gasteiger partial charge >= 0.3 is 11.9 Å². The van der Waals surface area contributed by atoms with Gasteiger partial charge in [-0.05, 0) is 25.0 Å². The average molecular weight is 366 g/mol. The standard InChI is InChI=1S/C12H10N6O6S/c19-11(24-8-3-1-7(2-4-8)18(20)21)9-5-6-10(9)17(25(22)23)12-13-15-16-14-12/h1-4,9-10H,5-6H2. The van der Waals surface area contributed by atoms with Gasteiger partial charge in [0.2, 0.25) is 0 Å². The molecule has 1 aromatic carbocycles. The normalized spacial score (nSPS) is 22.4. The van der Waals surface area contributed by atoms with Gasteiger partial charge in [-0.25, -0.2) is 4.21 Å². The van der Waals surface area contributed by atoms with E-state index in [1.807, 2.05) is 0 Å². The Balaban J connectivity index is 1.73. The third-order valence-corrected chi connectivity index (χ3v) is 4.53. The van der Waals surface area contributed by atoms with Crippen LogP contribution in [0.3, 0.4) is 0 Å². The van der Waals surface area contributed by atoms with Crippen molar-refractivity contribution in [3.63, 3.8) is 0 Å². The molecule has 0 radical (unpaired) electrons. The van der Waals surface area contributed by atoms with Gasteiger partial charge < -0.3 is 9.29 Å². The van der Waals surface area contributed by atoms with E-state index in [9.17, 15) is 23.7 Å². The second kappa shape index (κ2) is 6.90. The number of rotatable bonds is 5. The Bertz CT molecular complexity index is 821. The van der Waals surface area contributed by atoms with Crippen molar-refractivity contribution in [3.05, 3.63) is 34.4 Å². The molecule has 0 amide bonds. The van der Waals surface area contributed by atoms with E-state index in [-0.39, 0.29) is 17.4 Å². The Labute approximate surface area is 142 Å². The quantitative estimate of drug-likeness (QED) is 0.190. The van der Waals surface area contributed by atoms with Crippen molar-refractivity contribution in [3.8, 4) is 5.75 Å². The molecule has 1 aliphatic heterocycles. The van der Waals surface area contributed by atoms with Gasteiger partial charge in [-0.15, -0.1) is 0 Å². The second-order valence-corrected chi connectivity index (χ2v) is 5.97. The van der Waals surface area contributed by atoms with Crippen molar-refractivity contribution < 1.29 is 27.2 Å². The SMILES string of the molecule is O=C(Oc1ccc([N+](=O)[O-])cc1)C1CCC1[N+](=C1N=NN=N1)S(=O)[O-]. The smallest absolute Gasteiger partial charge is 0.488 e. The zero-order valence-corrected chi connectivity index (χ0v) is 13.2. The van der Waals surface area contributed by atoms with Gasteiger partial charge in [0.1, 0.15) is 23.1 Å². The van der Waals surface area contributed by atoms with Crippen LogP contribution in [0.15, 0.2) is 44.9 Å². The zero-order valence-electron chi connectivity index (χ0n) is 12.4. The Morgan fingerprint density at radius 2 is 1.84 bits per heavy atom. The van der Waals surface area contributed by atoms with Crippen LogP contribution in [0.25, 0.3) is 0 Å². The topological polar surface area (TPSA) is 162 Å². The molecule has 13 heteroatoms.